The fourth-order valence-electron chi connectivity index (χ4n) is 2.08. The summed E-state index contributed by atoms with van der Waals surface area (Å²) in [6, 6.07) is 8.84. The third kappa shape index (κ3) is 5.33. The summed E-state index contributed by atoms with van der Waals surface area (Å²) in [5.41, 5.74) is 2.77. The van der Waals surface area contributed by atoms with Crippen LogP contribution in [0.3, 0.4) is 0 Å². The molecule has 2 nitrogen and oxygen atoms in total. The number of hydrogen-bond acceptors (Lipinski definition) is 2. The van der Waals surface area contributed by atoms with E-state index in [0.717, 1.165) is 19.0 Å². The van der Waals surface area contributed by atoms with Crippen LogP contribution in [-0.2, 0) is 13.1 Å². The van der Waals surface area contributed by atoms with Crippen LogP contribution < -0.4 is 5.32 Å². The lowest BCUT2D eigenvalue weighted by atomic mass is 10.1. The van der Waals surface area contributed by atoms with E-state index in [9.17, 15) is 0 Å². The lowest BCUT2D eigenvalue weighted by Crippen LogP contribution is -2.23. The van der Waals surface area contributed by atoms with E-state index in [0.29, 0.717) is 0 Å². The molecule has 0 aromatic heterocycles. The fourth-order valence-corrected chi connectivity index (χ4v) is 2.08. The Hall–Kier alpha value is -0.860. The molecule has 2 heteroatoms. The molecule has 1 rings (SSSR count). The van der Waals surface area contributed by atoms with Gasteiger partial charge in [-0.2, -0.15) is 0 Å². The molecule has 0 aliphatic carbocycles. The second-order valence-electron chi connectivity index (χ2n) is 5.06. The number of rotatable bonds is 7. The normalized spacial score (nSPS) is 13.0. The third-order valence-electron chi connectivity index (χ3n) is 3.15. The molecule has 0 heterocycles. The van der Waals surface area contributed by atoms with Gasteiger partial charge in [-0.3, -0.25) is 0 Å². The first kappa shape index (κ1) is 14.2. The Morgan fingerprint density at radius 1 is 1.29 bits per heavy atom. The Kier molecular flexibility index (Phi) is 6.23. The van der Waals surface area contributed by atoms with Gasteiger partial charge in [0.2, 0.25) is 0 Å². The van der Waals surface area contributed by atoms with E-state index in [1.807, 2.05) is 7.05 Å². The Morgan fingerprint density at radius 3 is 2.65 bits per heavy atom. The summed E-state index contributed by atoms with van der Waals surface area (Å²) in [6.45, 7) is 7.73. The van der Waals surface area contributed by atoms with Gasteiger partial charge in [-0.15, -0.1) is 0 Å². The standard InChI is InChI=1S/C15H26N2/c1-5-13(2)11-17(4)12-15-8-6-7-14(9-15)10-16-3/h6-9,13,16H,5,10-12H2,1-4H3. The van der Waals surface area contributed by atoms with Crippen LogP contribution in [0.4, 0.5) is 0 Å². The molecule has 0 amide bonds. The SMILES string of the molecule is CCC(C)CN(C)Cc1cccc(CNC)c1. The third-order valence-corrected chi connectivity index (χ3v) is 3.15. The minimum Gasteiger partial charge on any atom is -0.316 e. The van der Waals surface area contributed by atoms with Crippen molar-refractivity contribution in [2.24, 2.45) is 5.92 Å². The molecule has 17 heavy (non-hydrogen) atoms. The molecule has 1 unspecified atom stereocenters. The maximum absolute atomic E-state index is 3.19. The van der Waals surface area contributed by atoms with Crippen molar-refractivity contribution in [3.05, 3.63) is 35.4 Å². The molecule has 96 valence electrons. The Bertz CT molecular complexity index is 322. The average molecular weight is 234 g/mol. The van der Waals surface area contributed by atoms with E-state index in [4.69, 9.17) is 0 Å². The van der Waals surface area contributed by atoms with Gasteiger partial charge in [-0.05, 0) is 31.1 Å². The smallest absolute Gasteiger partial charge is 0.0230 e. The van der Waals surface area contributed by atoms with Gasteiger partial charge in [-0.1, -0.05) is 44.5 Å². The van der Waals surface area contributed by atoms with E-state index < -0.39 is 0 Å². The zero-order chi connectivity index (χ0) is 12.7. The monoisotopic (exact) mass is 234 g/mol. The minimum absolute atomic E-state index is 0.778. The summed E-state index contributed by atoms with van der Waals surface area (Å²) >= 11 is 0. The van der Waals surface area contributed by atoms with Crippen molar-refractivity contribution >= 4 is 0 Å². The van der Waals surface area contributed by atoms with Gasteiger partial charge in [0.25, 0.3) is 0 Å². The highest BCUT2D eigenvalue weighted by Crippen LogP contribution is 2.10. The van der Waals surface area contributed by atoms with Crippen molar-refractivity contribution in [2.75, 3.05) is 20.6 Å². The minimum atomic E-state index is 0.778. The predicted molar refractivity (Wildman–Crippen MR) is 75.0 cm³/mol. The largest absolute Gasteiger partial charge is 0.316 e. The van der Waals surface area contributed by atoms with Crippen LogP contribution in [0.25, 0.3) is 0 Å². The molecule has 0 bridgehead atoms. The van der Waals surface area contributed by atoms with Crippen molar-refractivity contribution in [1.29, 1.82) is 0 Å². The molecule has 0 saturated carbocycles. The molecular formula is C15H26N2. The van der Waals surface area contributed by atoms with Crippen LogP contribution in [0.2, 0.25) is 0 Å². The zero-order valence-electron chi connectivity index (χ0n) is 11.7. The van der Waals surface area contributed by atoms with Gasteiger partial charge in [0.1, 0.15) is 0 Å². The van der Waals surface area contributed by atoms with Gasteiger partial charge in [0, 0.05) is 19.6 Å². The van der Waals surface area contributed by atoms with Crippen molar-refractivity contribution < 1.29 is 0 Å². The maximum atomic E-state index is 3.19. The second kappa shape index (κ2) is 7.46. The first-order valence-electron chi connectivity index (χ1n) is 6.56. The van der Waals surface area contributed by atoms with E-state index in [-0.39, 0.29) is 0 Å². The Morgan fingerprint density at radius 2 is 2.00 bits per heavy atom. The first-order valence-corrected chi connectivity index (χ1v) is 6.56. The molecule has 0 aliphatic heterocycles. The summed E-state index contributed by atoms with van der Waals surface area (Å²) in [5, 5.41) is 3.19. The molecular weight excluding hydrogens is 208 g/mol. The first-order chi connectivity index (χ1) is 8.15. The number of hydrogen-bond donors (Lipinski definition) is 1. The van der Waals surface area contributed by atoms with E-state index in [1.54, 1.807) is 0 Å². The summed E-state index contributed by atoms with van der Waals surface area (Å²) < 4.78 is 0. The Labute approximate surface area is 106 Å². The van der Waals surface area contributed by atoms with Gasteiger partial charge >= 0.3 is 0 Å². The predicted octanol–water partition coefficient (Wildman–Crippen LogP) is 2.88. The van der Waals surface area contributed by atoms with Crippen LogP contribution in [0.5, 0.6) is 0 Å². The molecule has 0 fully saturated rings. The summed E-state index contributed by atoms with van der Waals surface area (Å²) in [4.78, 5) is 2.41. The molecule has 1 aromatic carbocycles. The van der Waals surface area contributed by atoms with Crippen molar-refractivity contribution in [1.82, 2.24) is 10.2 Å². The van der Waals surface area contributed by atoms with Crippen LogP contribution >= 0.6 is 0 Å². The van der Waals surface area contributed by atoms with Crippen molar-refractivity contribution in [3.63, 3.8) is 0 Å². The van der Waals surface area contributed by atoms with E-state index in [1.165, 1.54) is 24.1 Å². The molecule has 1 N–H and O–H groups in total. The quantitative estimate of drug-likeness (QED) is 0.780. The van der Waals surface area contributed by atoms with E-state index >= 15 is 0 Å². The molecule has 0 aliphatic rings. The summed E-state index contributed by atoms with van der Waals surface area (Å²) in [5.74, 6) is 0.778. The molecule has 1 aromatic rings. The summed E-state index contributed by atoms with van der Waals surface area (Å²) in [6.07, 6.45) is 1.25. The highest BCUT2D eigenvalue weighted by Gasteiger charge is 2.05. The lowest BCUT2D eigenvalue weighted by Gasteiger charge is -2.20. The number of nitrogens with zero attached hydrogens (tertiary/aromatic N) is 1. The zero-order valence-corrected chi connectivity index (χ0v) is 11.7. The van der Waals surface area contributed by atoms with E-state index in [2.05, 4.69) is 55.4 Å². The van der Waals surface area contributed by atoms with Crippen molar-refractivity contribution in [3.8, 4) is 0 Å². The number of benzene rings is 1. The highest BCUT2D eigenvalue weighted by atomic mass is 15.1. The van der Waals surface area contributed by atoms with Gasteiger partial charge < -0.3 is 10.2 Å². The van der Waals surface area contributed by atoms with Crippen molar-refractivity contribution in [2.45, 2.75) is 33.4 Å². The fraction of sp³-hybridized carbons (Fsp3) is 0.600. The molecule has 0 radical (unpaired) electrons. The maximum Gasteiger partial charge on any atom is 0.0230 e. The summed E-state index contributed by atoms with van der Waals surface area (Å²) in [7, 11) is 4.19. The second-order valence-corrected chi connectivity index (χ2v) is 5.06. The number of nitrogens with one attached hydrogen (secondary N) is 1. The van der Waals surface area contributed by atoms with Crippen LogP contribution in [0, 0.1) is 5.92 Å². The van der Waals surface area contributed by atoms with Crippen LogP contribution in [0.15, 0.2) is 24.3 Å². The Balaban J connectivity index is 2.52. The molecule has 1 atom stereocenters. The topological polar surface area (TPSA) is 15.3 Å². The lowest BCUT2D eigenvalue weighted by molar-refractivity contribution is 0.275. The van der Waals surface area contributed by atoms with Gasteiger partial charge in [0.05, 0.1) is 0 Å². The molecule has 0 saturated heterocycles. The van der Waals surface area contributed by atoms with Gasteiger partial charge in [-0.25, -0.2) is 0 Å². The van der Waals surface area contributed by atoms with Crippen LogP contribution in [-0.4, -0.2) is 25.5 Å². The average Bonchev–Trinajstić information content (AvgIpc) is 2.29. The molecule has 0 spiro atoms. The van der Waals surface area contributed by atoms with Crippen LogP contribution in [0.1, 0.15) is 31.4 Å². The highest BCUT2D eigenvalue weighted by molar-refractivity contribution is 5.23. The van der Waals surface area contributed by atoms with Gasteiger partial charge in [0.15, 0.2) is 0 Å².